The van der Waals surface area contributed by atoms with Crippen LogP contribution in [0.15, 0.2) is 53.4 Å². The Morgan fingerprint density at radius 2 is 1.77 bits per heavy atom. The van der Waals surface area contributed by atoms with E-state index in [2.05, 4.69) is 5.32 Å². The van der Waals surface area contributed by atoms with Crippen LogP contribution in [0.4, 0.5) is 0 Å². The Bertz CT molecular complexity index is 1120. The zero-order valence-electron chi connectivity index (χ0n) is 16.3. The van der Waals surface area contributed by atoms with Crippen molar-refractivity contribution < 1.29 is 22.8 Å². The van der Waals surface area contributed by atoms with E-state index >= 15 is 0 Å². The van der Waals surface area contributed by atoms with Crippen molar-refractivity contribution in [2.45, 2.75) is 24.4 Å². The van der Waals surface area contributed by atoms with Gasteiger partial charge in [0.05, 0.1) is 5.56 Å². The van der Waals surface area contributed by atoms with Crippen LogP contribution < -0.4 is 5.32 Å². The molecule has 0 aromatic heterocycles. The van der Waals surface area contributed by atoms with Gasteiger partial charge in [-0.1, -0.05) is 41.9 Å². The Kier molecular flexibility index (Phi) is 6.14. The van der Waals surface area contributed by atoms with Crippen molar-refractivity contribution in [2.24, 2.45) is 0 Å². The van der Waals surface area contributed by atoms with Crippen LogP contribution in [0.25, 0.3) is 0 Å². The van der Waals surface area contributed by atoms with Crippen LogP contribution in [-0.2, 0) is 26.2 Å². The normalized spacial score (nSPS) is 15.4. The quantitative estimate of drug-likeness (QED) is 0.722. The number of halogens is 1. The number of fused-ring (bicyclic) bond motifs is 1. The Hall–Kier alpha value is -2.91. The number of nitrogens with one attached hydrogen (secondary N) is 1. The molecule has 158 valence electrons. The van der Waals surface area contributed by atoms with Gasteiger partial charge in [-0.2, -0.15) is 0 Å². The predicted octanol–water partition coefficient (Wildman–Crippen LogP) is 1.65. The molecule has 2 aromatic rings. The van der Waals surface area contributed by atoms with Gasteiger partial charge in [-0.25, -0.2) is 12.7 Å². The number of hydrogen-bond donors (Lipinski definition) is 1. The molecule has 0 saturated heterocycles. The summed E-state index contributed by atoms with van der Waals surface area (Å²) in [5.41, 5.74) is 0.601. The van der Waals surface area contributed by atoms with Crippen LogP contribution in [0.3, 0.4) is 0 Å². The van der Waals surface area contributed by atoms with Gasteiger partial charge in [0.1, 0.15) is 17.5 Å². The third-order valence-corrected chi connectivity index (χ3v) is 7.06. The highest BCUT2D eigenvalue weighted by Gasteiger charge is 2.43. The molecular weight excluding hydrogens is 430 g/mol. The molecule has 10 heteroatoms. The highest BCUT2D eigenvalue weighted by atomic mass is 35.5. The number of benzene rings is 2. The van der Waals surface area contributed by atoms with Crippen molar-refractivity contribution >= 4 is 39.3 Å². The van der Waals surface area contributed by atoms with Gasteiger partial charge in [0, 0.05) is 18.6 Å². The van der Waals surface area contributed by atoms with Crippen LogP contribution in [0.2, 0.25) is 5.02 Å². The summed E-state index contributed by atoms with van der Waals surface area (Å²) in [6.45, 7) is 0.770. The molecule has 0 fully saturated rings. The van der Waals surface area contributed by atoms with E-state index in [9.17, 15) is 22.8 Å². The van der Waals surface area contributed by atoms with Gasteiger partial charge in [0.25, 0.3) is 15.9 Å². The molecule has 2 aromatic carbocycles. The Morgan fingerprint density at radius 1 is 1.13 bits per heavy atom. The molecule has 1 aliphatic heterocycles. The summed E-state index contributed by atoms with van der Waals surface area (Å²) in [5, 5.41) is 2.87. The molecule has 0 bridgehead atoms. The van der Waals surface area contributed by atoms with E-state index in [4.69, 9.17) is 11.6 Å². The molecule has 0 saturated carbocycles. The van der Waals surface area contributed by atoms with Gasteiger partial charge in [-0.3, -0.25) is 14.4 Å². The number of rotatable bonds is 6. The Balaban J connectivity index is 1.91. The monoisotopic (exact) mass is 449 g/mol. The first-order chi connectivity index (χ1) is 14.2. The Labute approximate surface area is 179 Å². The SMILES string of the molecule is CNC(=O)[C@@H](C)N(Cc1ccccc1Cl)C(=O)CN1C(=O)c2ccccc2S1(=O)=O. The Morgan fingerprint density at radius 3 is 2.40 bits per heavy atom. The van der Waals surface area contributed by atoms with E-state index in [1.807, 2.05) is 0 Å². The molecule has 0 unspecified atom stereocenters. The van der Waals surface area contributed by atoms with Crippen molar-refractivity contribution in [3.63, 3.8) is 0 Å². The molecule has 0 spiro atoms. The summed E-state index contributed by atoms with van der Waals surface area (Å²) in [4.78, 5) is 39.0. The van der Waals surface area contributed by atoms with Gasteiger partial charge in [0.15, 0.2) is 0 Å². The highest BCUT2D eigenvalue weighted by Crippen LogP contribution is 2.30. The summed E-state index contributed by atoms with van der Waals surface area (Å²) in [5.74, 6) is -1.91. The van der Waals surface area contributed by atoms with Crippen LogP contribution in [0.1, 0.15) is 22.8 Å². The number of hydrogen-bond acceptors (Lipinski definition) is 5. The third kappa shape index (κ3) is 3.90. The second kappa shape index (κ2) is 8.45. The van der Waals surface area contributed by atoms with Crippen LogP contribution in [0, 0.1) is 0 Å². The third-order valence-electron chi connectivity index (χ3n) is 4.90. The molecule has 3 rings (SSSR count). The summed E-state index contributed by atoms with van der Waals surface area (Å²) in [7, 11) is -2.71. The smallest absolute Gasteiger partial charge is 0.269 e. The van der Waals surface area contributed by atoms with E-state index in [0.717, 1.165) is 0 Å². The number of sulfonamides is 1. The summed E-state index contributed by atoms with van der Waals surface area (Å²) in [6.07, 6.45) is 0. The first kappa shape index (κ1) is 21.8. The van der Waals surface area contributed by atoms with Crippen LogP contribution in [-0.4, -0.2) is 55.0 Å². The average Bonchev–Trinajstić information content (AvgIpc) is 2.93. The molecular formula is C20H20ClN3O5S. The van der Waals surface area contributed by atoms with Gasteiger partial charge < -0.3 is 10.2 Å². The molecule has 1 N–H and O–H groups in total. The average molecular weight is 450 g/mol. The van der Waals surface area contributed by atoms with E-state index in [1.54, 1.807) is 30.3 Å². The molecule has 1 atom stereocenters. The maximum atomic E-state index is 13.1. The van der Waals surface area contributed by atoms with Crippen molar-refractivity contribution in [1.82, 2.24) is 14.5 Å². The number of carbonyl (C=O) groups excluding carboxylic acids is 3. The second-order valence-corrected chi connectivity index (χ2v) is 8.95. The second-order valence-electron chi connectivity index (χ2n) is 6.72. The summed E-state index contributed by atoms with van der Waals surface area (Å²) < 4.78 is 26.1. The molecule has 0 radical (unpaired) electrons. The van der Waals surface area contributed by atoms with E-state index < -0.39 is 40.3 Å². The first-order valence-corrected chi connectivity index (χ1v) is 10.9. The number of nitrogens with zero attached hydrogens (tertiary/aromatic N) is 2. The molecule has 3 amide bonds. The predicted molar refractivity (Wildman–Crippen MR) is 110 cm³/mol. The highest BCUT2D eigenvalue weighted by molar-refractivity contribution is 7.90. The van der Waals surface area contributed by atoms with Gasteiger partial charge in [-0.15, -0.1) is 0 Å². The van der Waals surface area contributed by atoms with Crippen molar-refractivity contribution in [3.05, 3.63) is 64.7 Å². The van der Waals surface area contributed by atoms with Crippen LogP contribution >= 0.6 is 11.6 Å². The number of likely N-dealkylation sites (N-methyl/N-ethyl adjacent to an activating group) is 1. The largest absolute Gasteiger partial charge is 0.357 e. The van der Waals surface area contributed by atoms with Gasteiger partial charge in [0.2, 0.25) is 11.8 Å². The molecule has 30 heavy (non-hydrogen) atoms. The summed E-state index contributed by atoms with van der Waals surface area (Å²) >= 11 is 6.19. The number of amides is 3. The lowest BCUT2D eigenvalue weighted by molar-refractivity contribution is -0.140. The zero-order chi connectivity index (χ0) is 22.1. The summed E-state index contributed by atoms with van der Waals surface area (Å²) in [6, 6.07) is 11.7. The fourth-order valence-electron chi connectivity index (χ4n) is 3.20. The molecule has 8 nitrogen and oxygen atoms in total. The fourth-order valence-corrected chi connectivity index (χ4v) is 4.92. The molecule has 1 heterocycles. The van der Waals surface area contributed by atoms with Crippen molar-refractivity contribution in [1.29, 1.82) is 0 Å². The minimum atomic E-state index is -4.15. The maximum absolute atomic E-state index is 13.1. The van der Waals surface area contributed by atoms with Crippen LogP contribution in [0.5, 0.6) is 0 Å². The van der Waals surface area contributed by atoms with Gasteiger partial charge in [-0.05, 0) is 30.7 Å². The standard InChI is InChI=1S/C20H20ClN3O5S/c1-13(19(26)22-2)23(11-14-7-3-5-9-16(14)21)18(25)12-24-20(27)15-8-4-6-10-17(15)30(24,28)29/h3-10,13H,11-12H2,1-2H3,(H,22,26)/t13-/m1/s1. The molecule has 1 aliphatic rings. The van der Waals surface area contributed by atoms with Gasteiger partial charge >= 0.3 is 0 Å². The minimum Gasteiger partial charge on any atom is -0.357 e. The first-order valence-electron chi connectivity index (χ1n) is 9.09. The zero-order valence-corrected chi connectivity index (χ0v) is 17.9. The van der Waals surface area contributed by atoms with E-state index in [1.165, 1.54) is 37.1 Å². The van der Waals surface area contributed by atoms with Crippen molar-refractivity contribution in [3.8, 4) is 0 Å². The van der Waals surface area contributed by atoms with Crippen molar-refractivity contribution in [2.75, 3.05) is 13.6 Å². The minimum absolute atomic E-state index is 0.0160. The number of carbonyl (C=O) groups is 3. The van der Waals surface area contributed by atoms with E-state index in [0.29, 0.717) is 14.9 Å². The van der Waals surface area contributed by atoms with E-state index in [-0.39, 0.29) is 17.0 Å². The lowest BCUT2D eigenvalue weighted by Gasteiger charge is -2.30. The lowest BCUT2D eigenvalue weighted by Crippen LogP contribution is -2.50. The lowest BCUT2D eigenvalue weighted by atomic mass is 10.1. The topological polar surface area (TPSA) is 104 Å². The maximum Gasteiger partial charge on any atom is 0.269 e. The molecule has 0 aliphatic carbocycles. The fraction of sp³-hybridized carbons (Fsp3) is 0.250.